The van der Waals surface area contributed by atoms with Gasteiger partial charge in [-0.05, 0) is 31.5 Å². The fourth-order valence-corrected chi connectivity index (χ4v) is 1.48. The van der Waals surface area contributed by atoms with Gasteiger partial charge in [-0.2, -0.15) is 0 Å². The van der Waals surface area contributed by atoms with E-state index in [1.807, 2.05) is 13.8 Å². The smallest absolute Gasteiger partial charge is 0.335 e. The van der Waals surface area contributed by atoms with Gasteiger partial charge >= 0.3 is 5.97 Å². The Balaban J connectivity index is 2.73. The van der Waals surface area contributed by atoms with E-state index in [1.165, 1.54) is 25.3 Å². The van der Waals surface area contributed by atoms with Gasteiger partial charge < -0.3 is 19.9 Å². The molecule has 0 aliphatic heterocycles. The summed E-state index contributed by atoms with van der Waals surface area (Å²) in [6.45, 7) is 3.67. The summed E-state index contributed by atoms with van der Waals surface area (Å²) in [7, 11) is 1.45. The third-order valence-electron chi connectivity index (χ3n) is 2.79. The highest BCUT2D eigenvalue weighted by Gasteiger charge is 2.12. The van der Waals surface area contributed by atoms with Gasteiger partial charge in [-0.1, -0.05) is 6.92 Å². The van der Waals surface area contributed by atoms with Crippen molar-refractivity contribution in [1.82, 2.24) is 5.32 Å². The Morgan fingerprint density at radius 2 is 2.05 bits per heavy atom. The monoisotopic (exact) mass is 281 g/mol. The first kappa shape index (κ1) is 15.8. The number of carbonyl (C=O) groups excluding carboxylic acids is 1. The molecule has 0 saturated carbocycles. The van der Waals surface area contributed by atoms with Gasteiger partial charge in [0.05, 0.1) is 12.7 Å². The largest absolute Gasteiger partial charge is 0.493 e. The molecule has 1 atom stereocenters. The zero-order valence-electron chi connectivity index (χ0n) is 11.8. The van der Waals surface area contributed by atoms with E-state index in [0.29, 0.717) is 5.75 Å². The van der Waals surface area contributed by atoms with Crippen molar-refractivity contribution in [2.45, 2.75) is 26.3 Å². The maximum atomic E-state index is 11.6. The van der Waals surface area contributed by atoms with Crippen LogP contribution in [-0.4, -0.2) is 36.7 Å². The fraction of sp³-hybridized carbons (Fsp3) is 0.429. The molecule has 0 fully saturated rings. The third kappa shape index (κ3) is 4.46. The van der Waals surface area contributed by atoms with Crippen molar-refractivity contribution in [1.29, 1.82) is 0 Å². The molecule has 2 N–H and O–H groups in total. The van der Waals surface area contributed by atoms with Crippen LogP contribution in [0.3, 0.4) is 0 Å². The van der Waals surface area contributed by atoms with E-state index < -0.39 is 5.97 Å². The first-order valence-electron chi connectivity index (χ1n) is 6.31. The van der Waals surface area contributed by atoms with Crippen molar-refractivity contribution in [2.24, 2.45) is 0 Å². The van der Waals surface area contributed by atoms with E-state index in [1.54, 1.807) is 0 Å². The quantitative estimate of drug-likeness (QED) is 0.794. The molecular weight excluding hydrogens is 262 g/mol. The van der Waals surface area contributed by atoms with Crippen LogP contribution in [-0.2, 0) is 4.79 Å². The summed E-state index contributed by atoms with van der Waals surface area (Å²) in [5.74, 6) is -0.721. The minimum absolute atomic E-state index is 0.0679. The number of aromatic carboxylic acids is 1. The lowest BCUT2D eigenvalue weighted by molar-refractivity contribution is -0.123. The number of amides is 1. The van der Waals surface area contributed by atoms with Crippen molar-refractivity contribution < 1.29 is 24.2 Å². The van der Waals surface area contributed by atoms with Gasteiger partial charge in [0.2, 0.25) is 0 Å². The van der Waals surface area contributed by atoms with Crippen LogP contribution in [0.25, 0.3) is 0 Å². The summed E-state index contributed by atoms with van der Waals surface area (Å²) in [6.07, 6.45) is 0.823. The number of carboxylic acid groups (broad SMARTS) is 1. The lowest BCUT2D eigenvalue weighted by Crippen LogP contribution is -2.35. The van der Waals surface area contributed by atoms with Gasteiger partial charge in [-0.15, -0.1) is 0 Å². The van der Waals surface area contributed by atoms with Crippen molar-refractivity contribution in [3.05, 3.63) is 23.8 Å². The molecule has 0 bridgehead atoms. The number of benzene rings is 1. The predicted octanol–water partition coefficient (Wildman–Crippen LogP) is 1.69. The number of nitrogens with one attached hydrogen (secondary N) is 1. The SMILES string of the molecule is CCC(C)NC(=O)COc1cc(C(=O)O)ccc1OC. The first-order chi connectivity index (χ1) is 9.47. The van der Waals surface area contributed by atoms with Crippen molar-refractivity contribution in [3.63, 3.8) is 0 Å². The minimum atomic E-state index is -1.07. The number of carbonyl (C=O) groups is 2. The Morgan fingerprint density at radius 3 is 2.60 bits per heavy atom. The molecule has 0 heterocycles. The highest BCUT2D eigenvalue weighted by molar-refractivity contribution is 5.88. The Bertz CT molecular complexity index is 486. The molecule has 1 aromatic carbocycles. The van der Waals surface area contributed by atoms with E-state index >= 15 is 0 Å². The molecule has 0 radical (unpaired) electrons. The molecule has 1 rings (SSSR count). The topological polar surface area (TPSA) is 84.9 Å². The van der Waals surface area contributed by atoms with E-state index in [-0.39, 0.29) is 29.9 Å². The number of methoxy groups -OCH3 is 1. The molecule has 20 heavy (non-hydrogen) atoms. The van der Waals surface area contributed by atoms with Gasteiger partial charge in [0, 0.05) is 6.04 Å². The second-order valence-electron chi connectivity index (χ2n) is 4.34. The second-order valence-corrected chi connectivity index (χ2v) is 4.34. The number of rotatable bonds is 7. The van der Waals surface area contributed by atoms with Gasteiger partial charge in [-0.3, -0.25) is 4.79 Å². The first-order valence-corrected chi connectivity index (χ1v) is 6.31. The maximum absolute atomic E-state index is 11.6. The molecule has 0 spiro atoms. The van der Waals surface area contributed by atoms with Gasteiger partial charge in [-0.25, -0.2) is 4.79 Å². The highest BCUT2D eigenvalue weighted by atomic mass is 16.5. The summed E-state index contributed by atoms with van der Waals surface area (Å²) in [6, 6.07) is 4.30. The molecule has 0 saturated heterocycles. The molecule has 6 nitrogen and oxygen atoms in total. The van der Waals surface area contributed by atoms with E-state index in [0.717, 1.165) is 6.42 Å². The van der Waals surface area contributed by atoms with Crippen LogP contribution in [0.1, 0.15) is 30.6 Å². The van der Waals surface area contributed by atoms with Crippen LogP contribution in [0.2, 0.25) is 0 Å². The summed E-state index contributed by atoms with van der Waals surface area (Å²) >= 11 is 0. The number of carboxylic acids is 1. The van der Waals surface area contributed by atoms with E-state index in [4.69, 9.17) is 14.6 Å². The summed E-state index contributed by atoms with van der Waals surface area (Å²) in [5.41, 5.74) is 0.0723. The Labute approximate surface area is 117 Å². The normalized spacial score (nSPS) is 11.6. The molecule has 110 valence electrons. The number of ether oxygens (including phenoxy) is 2. The molecular formula is C14H19NO5. The average molecular weight is 281 g/mol. The fourth-order valence-electron chi connectivity index (χ4n) is 1.48. The Hall–Kier alpha value is -2.24. The van der Waals surface area contributed by atoms with Crippen LogP contribution < -0.4 is 14.8 Å². The second kappa shape index (κ2) is 7.37. The zero-order chi connectivity index (χ0) is 15.1. The molecule has 1 unspecified atom stereocenters. The van der Waals surface area contributed by atoms with Crippen molar-refractivity contribution in [2.75, 3.05) is 13.7 Å². The van der Waals surface area contributed by atoms with Crippen LogP contribution >= 0.6 is 0 Å². The van der Waals surface area contributed by atoms with Crippen LogP contribution in [0.5, 0.6) is 11.5 Å². The van der Waals surface area contributed by atoms with E-state index in [2.05, 4.69) is 5.32 Å². The van der Waals surface area contributed by atoms with Crippen LogP contribution in [0.15, 0.2) is 18.2 Å². The lowest BCUT2D eigenvalue weighted by Gasteiger charge is -2.14. The summed E-state index contributed by atoms with van der Waals surface area (Å²) < 4.78 is 10.4. The van der Waals surface area contributed by atoms with Crippen LogP contribution in [0, 0.1) is 0 Å². The minimum Gasteiger partial charge on any atom is -0.493 e. The standard InChI is InChI=1S/C14H19NO5/c1-4-9(2)15-13(16)8-20-12-7-10(14(17)18)5-6-11(12)19-3/h5-7,9H,4,8H2,1-3H3,(H,15,16)(H,17,18). The summed E-state index contributed by atoms with van der Waals surface area (Å²) in [4.78, 5) is 22.5. The zero-order valence-corrected chi connectivity index (χ0v) is 11.8. The third-order valence-corrected chi connectivity index (χ3v) is 2.79. The number of hydrogen-bond donors (Lipinski definition) is 2. The van der Waals surface area contributed by atoms with Crippen molar-refractivity contribution >= 4 is 11.9 Å². The molecule has 1 aromatic rings. The molecule has 1 amide bonds. The van der Waals surface area contributed by atoms with Gasteiger partial charge in [0.15, 0.2) is 18.1 Å². The predicted molar refractivity (Wildman–Crippen MR) is 73.3 cm³/mol. The molecule has 6 heteroatoms. The Kier molecular flexibility index (Phi) is 5.83. The lowest BCUT2D eigenvalue weighted by atomic mass is 10.2. The summed E-state index contributed by atoms with van der Waals surface area (Å²) in [5, 5.41) is 11.7. The van der Waals surface area contributed by atoms with Gasteiger partial charge in [0.1, 0.15) is 0 Å². The average Bonchev–Trinajstić information content (AvgIpc) is 2.44. The van der Waals surface area contributed by atoms with Crippen LogP contribution in [0.4, 0.5) is 0 Å². The van der Waals surface area contributed by atoms with Gasteiger partial charge in [0.25, 0.3) is 5.91 Å². The molecule has 0 aliphatic rings. The number of hydrogen-bond acceptors (Lipinski definition) is 4. The Morgan fingerprint density at radius 1 is 1.35 bits per heavy atom. The van der Waals surface area contributed by atoms with E-state index in [9.17, 15) is 9.59 Å². The van der Waals surface area contributed by atoms with Crippen molar-refractivity contribution in [3.8, 4) is 11.5 Å². The maximum Gasteiger partial charge on any atom is 0.335 e. The highest BCUT2D eigenvalue weighted by Crippen LogP contribution is 2.27. The molecule has 0 aromatic heterocycles. The molecule has 0 aliphatic carbocycles.